The van der Waals surface area contributed by atoms with E-state index >= 15 is 0 Å². The van der Waals surface area contributed by atoms with Crippen molar-refractivity contribution in [2.75, 3.05) is 18.0 Å². The van der Waals surface area contributed by atoms with Gasteiger partial charge in [-0.25, -0.2) is 19.0 Å². The molecule has 2 N–H and O–H groups in total. The standard InChI is InChI=1S/C16H20N8.C5H11NO2/c1-11-10-17-12(2)15-18-13(20-24(11)15)6-7-14-19-16(21-22(14)3)23-8-4-5-9-23;1-5(2,3)8-4(6)7/h6-7,10H,4-5,8-9H2,1-3H3;1-3H3,(H2,6,7)/b7-6+;. The molecule has 0 aromatic carbocycles. The molecule has 1 amide bonds. The number of fused-ring (bicyclic) bond motifs is 1. The van der Waals surface area contributed by atoms with Crippen LogP contribution in [0.25, 0.3) is 17.8 Å². The molecule has 32 heavy (non-hydrogen) atoms. The summed E-state index contributed by atoms with van der Waals surface area (Å²) in [4.78, 5) is 25.7. The van der Waals surface area contributed by atoms with E-state index in [1.54, 1.807) is 31.6 Å². The Morgan fingerprint density at radius 1 is 1.12 bits per heavy atom. The Kier molecular flexibility index (Phi) is 6.75. The van der Waals surface area contributed by atoms with E-state index in [4.69, 9.17) is 5.73 Å². The number of nitrogens with two attached hydrogens (primary N) is 1. The summed E-state index contributed by atoms with van der Waals surface area (Å²) in [6, 6.07) is 0. The van der Waals surface area contributed by atoms with Gasteiger partial charge >= 0.3 is 6.09 Å². The molecule has 0 atom stereocenters. The number of aryl methyl sites for hydroxylation is 3. The third-order valence-electron chi connectivity index (χ3n) is 4.69. The van der Waals surface area contributed by atoms with Gasteiger partial charge < -0.3 is 15.4 Å². The van der Waals surface area contributed by atoms with Gasteiger partial charge in [0.2, 0.25) is 5.95 Å². The average Bonchev–Trinajstić information content (AvgIpc) is 3.41. The maximum Gasteiger partial charge on any atom is 0.405 e. The lowest BCUT2D eigenvalue weighted by atomic mass is 10.2. The van der Waals surface area contributed by atoms with Gasteiger partial charge in [-0.1, -0.05) is 0 Å². The fourth-order valence-electron chi connectivity index (χ4n) is 3.21. The number of anilines is 1. The second-order valence-electron chi connectivity index (χ2n) is 8.64. The highest BCUT2D eigenvalue weighted by molar-refractivity contribution is 5.65. The lowest BCUT2D eigenvalue weighted by molar-refractivity contribution is 0.0600. The molecule has 3 aromatic rings. The van der Waals surface area contributed by atoms with Crippen molar-refractivity contribution in [3.05, 3.63) is 29.2 Å². The number of primary amides is 1. The van der Waals surface area contributed by atoms with Crippen LogP contribution in [0, 0.1) is 13.8 Å². The molecule has 1 aliphatic heterocycles. The number of carbonyl (C=O) groups excluding carboxylic acids is 1. The normalized spacial score (nSPS) is 14.1. The summed E-state index contributed by atoms with van der Waals surface area (Å²) in [5.74, 6) is 2.23. The molecule has 0 aliphatic carbocycles. The first-order chi connectivity index (χ1) is 15.0. The molecule has 4 heterocycles. The number of carbonyl (C=O) groups is 1. The van der Waals surface area contributed by atoms with E-state index in [9.17, 15) is 4.79 Å². The summed E-state index contributed by atoms with van der Waals surface area (Å²) >= 11 is 0. The van der Waals surface area contributed by atoms with Crippen molar-refractivity contribution < 1.29 is 9.53 Å². The van der Waals surface area contributed by atoms with Crippen LogP contribution in [0.2, 0.25) is 0 Å². The summed E-state index contributed by atoms with van der Waals surface area (Å²) in [5, 5.41) is 9.01. The van der Waals surface area contributed by atoms with E-state index in [1.165, 1.54) is 12.8 Å². The van der Waals surface area contributed by atoms with Crippen LogP contribution in [0.5, 0.6) is 0 Å². The molecule has 0 unspecified atom stereocenters. The molecule has 0 radical (unpaired) electrons. The molecule has 0 spiro atoms. The van der Waals surface area contributed by atoms with Gasteiger partial charge in [-0.05, 0) is 59.6 Å². The summed E-state index contributed by atoms with van der Waals surface area (Å²) in [6.45, 7) is 11.3. The van der Waals surface area contributed by atoms with Crippen molar-refractivity contribution in [3.63, 3.8) is 0 Å². The first kappa shape index (κ1) is 23.2. The van der Waals surface area contributed by atoms with E-state index in [0.29, 0.717) is 5.82 Å². The molecule has 11 heteroatoms. The van der Waals surface area contributed by atoms with Crippen molar-refractivity contribution in [2.24, 2.45) is 12.8 Å². The first-order valence-corrected chi connectivity index (χ1v) is 10.5. The van der Waals surface area contributed by atoms with E-state index in [-0.39, 0.29) is 0 Å². The van der Waals surface area contributed by atoms with Gasteiger partial charge in [0.1, 0.15) is 5.60 Å². The van der Waals surface area contributed by atoms with Gasteiger partial charge in [0.25, 0.3) is 0 Å². The highest BCUT2D eigenvalue weighted by Crippen LogP contribution is 2.17. The molecule has 3 aromatic heterocycles. The van der Waals surface area contributed by atoms with Crippen LogP contribution in [-0.4, -0.2) is 59.1 Å². The Bertz CT molecular complexity index is 1080. The number of ether oxygens (including phenoxy) is 1. The Labute approximate surface area is 187 Å². The van der Waals surface area contributed by atoms with Gasteiger partial charge in [-0.3, -0.25) is 4.98 Å². The van der Waals surface area contributed by atoms with Crippen LogP contribution in [-0.2, 0) is 11.8 Å². The highest BCUT2D eigenvalue weighted by atomic mass is 16.6. The number of rotatable bonds is 3. The minimum atomic E-state index is -0.725. The van der Waals surface area contributed by atoms with Crippen LogP contribution < -0.4 is 10.6 Å². The molecule has 1 fully saturated rings. The summed E-state index contributed by atoms with van der Waals surface area (Å²) < 4.78 is 8.18. The predicted molar refractivity (Wildman–Crippen MR) is 122 cm³/mol. The van der Waals surface area contributed by atoms with E-state index < -0.39 is 11.7 Å². The largest absolute Gasteiger partial charge is 0.444 e. The van der Waals surface area contributed by atoms with E-state index in [1.807, 2.05) is 37.6 Å². The van der Waals surface area contributed by atoms with Crippen molar-refractivity contribution in [2.45, 2.75) is 53.1 Å². The number of aromatic nitrogens is 7. The predicted octanol–water partition coefficient (Wildman–Crippen LogP) is 2.52. The first-order valence-electron chi connectivity index (χ1n) is 10.5. The smallest absolute Gasteiger partial charge is 0.405 e. The highest BCUT2D eigenvalue weighted by Gasteiger charge is 2.17. The van der Waals surface area contributed by atoms with Crippen LogP contribution in [0.1, 0.15) is 56.6 Å². The lowest BCUT2D eigenvalue weighted by Gasteiger charge is -2.16. The van der Waals surface area contributed by atoms with Crippen molar-refractivity contribution in [3.8, 4) is 0 Å². The monoisotopic (exact) mass is 441 g/mol. The number of hydrogen-bond acceptors (Lipinski definition) is 8. The molecular weight excluding hydrogens is 410 g/mol. The maximum absolute atomic E-state index is 10.0. The van der Waals surface area contributed by atoms with Gasteiger partial charge in [0.05, 0.1) is 11.4 Å². The topological polar surface area (TPSA) is 129 Å². The third kappa shape index (κ3) is 5.80. The fourth-order valence-corrected chi connectivity index (χ4v) is 3.21. The minimum Gasteiger partial charge on any atom is -0.444 e. The molecule has 0 saturated carbocycles. The average molecular weight is 442 g/mol. The van der Waals surface area contributed by atoms with E-state index in [2.05, 4.69) is 34.8 Å². The molecule has 1 saturated heterocycles. The summed E-state index contributed by atoms with van der Waals surface area (Å²) in [6.07, 6.45) is 7.26. The molecule has 11 nitrogen and oxygen atoms in total. The Morgan fingerprint density at radius 3 is 2.38 bits per heavy atom. The Hall–Kier alpha value is -3.50. The van der Waals surface area contributed by atoms with Crippen molar-refractivity contribution >= 4 is 29.8 Å². The zero-order valence-corrected chi connectivity index (χ0v) is 19.5. The van der Waals surface area contributed by atoms with Crippen LogP contribution in [0.4, 0.5) is 10.7 Å². The second-order valence-corrected chi connectivity index (χ2v) is 8.64. The fraction of sp³-hybridized carbons (Fsp3) is 0.524. The van der Waals surface area contributed by atoms with Crippen molar-refractivity contribution in [1.82, 2.24) is 34.3 Å². The van der Waals surface area contributed by atoms with Gasteiger partial charge in [0, 0.05) is 26.3 Å². The summed E-state index contributed by atoms with van der Waals surface area (Å²) in [5.41, 5.74) is 6.87. The second kappa shape index (κ2) is 9.33. The molecule has 172 valence electrons. The SMILES string of the molecule is CC(C)(C)OC(N)=O.Cc1ncc(C)n2nc(/C=C/c3nc(N4CCCC4)nn3C)nc12. The molecular formula is C21H31N9O2. The zero-order chi connectivity index (χ0) is 23.5. The summed E-state index contributed by atoms with van der Waals surface area (Å²) in [7, 11) is 1.90. The van der Waals surface area contributed by atoms with Crippen molar-refractivity contribution in [1.29, 1.82) is 0 Å². The van der Waals surface area contributed by atoms with Gasteiger partial charge in [-0.2, -0.15) is 4.98 Å². The van der Waals surface area contributed by atoms with E-state index in [0.717, 1.165) is 41.9 Å². The number of amides is 1. The lowest BCUT2D eigenvalue weighted by Crippen LogP contribution is -2.27. The zero-order valence-electron chi connectivity index (χ0n) is 19.5. The third-order valence-corrected chi connectivity index (χ3v) is 4.69. The molecule has 0 bridgehead atoms. The number of hydrogen-bond donors (Lipinski definition) is 1. The van der Waals surface area contributed by atoms with Crippen LogP contribution in [0.15, 0.2) is 6.20 Å². The quantitative estimate of drug-likeness (QED) is 0.656. The number of nitrogens with zero attached hydrogens (tertiary/aromatic N) is 8. The van der Waals surface area contributed by atoms with Gasteiger partial charge in [0.15, 0.2) is 17.3 Å². The molecule has 1 aliphatic rings. The Morgan fingerprint density at radius 2 is 1.81 bits per heavy atom. The molecule has 4 rings (SSSR count). The minimum absolute atomic E-state index is 0.453. The van der Waals surface area contributed by atoms with Crippen LogP contribution in [0.3, 0.4) is 0 Å². The van der Waals surface area contributed by atoms with Gasteiger partial charge in [-0.15, -0.1) is 10.2 Å². The van der Waals surface area contributed by atoms with Crippen LogP contribution >= 0.6 is 0 Å². The maximum atomic E-state index is 10.0. The Balaban J connectivity index is 0.000000312.